The minimum atomic E-state index is -1.53. The van der Waals surface area contributed by atoms with Crippen LogP contribution in [-0.4, -0.2) is 51.6 Å². The van der Waals surface area contributed by atoms with Gasteiger partial charge in [0.2, 0.25) is 0 Å². The summed E-state index contributed by atoms with van der Waals surface area (Å²) >= 11 is 0. The van der Waals surface area contributed by atoms with E-state index >= 15 is 0 Å². The van der Waals surface area contributed by atoms with E-state index in [1.54, 1.807) is 6.92 Å². The molecule has 0 aliphatic carbocycles. The average molecular weight is 386 g/mol. The molecule has 0 heterocycles. The van der Waals surface area contributed by atoms with Crippen LogP contribution in [0.1, 0.15) is 64.3 Å². The zero-order chi connectivity index (χ0) is 21.0. The quantitative estimate of drug-likeness (QED) is 0.479. The molecule has 2 rings (SSSR count). The Hall–Kier alpha value is -4.01. The Kier molecular flexibility index (Phi) is 5.89. The summed E-state index contributed by atoms with van der Waals surface area (Å²) in [6.07, 6.45) is 0. The highest BCUT2D eigenvalue weighted by Gasteiger charge is 2.22. The average Bonchev–Trinajstić information content (AvgIpc) is 2.66. The number of ether oxygens (including phenoxy) is 1. The molecule has 0 aromatic heterocycles. The van der Waals surface area contributed by atoms with E-state index in [1.165, 1.54) is 6.07 Å². The number of hydrogen-bond acceptors (Lipinski definition) is 6. The number of carbonyl (C=O) groups excluding carboxylic acids is 2. The Morgan fingerprint density at radius 2 is 1.14 bits per heavy atom. The summed E-state index contributed by atoms with van der Waals surface area (Å²) in [5.41, 5.74) is -2.04. The Balaban J connectivity index is 2.52. The van der Waals surface area contributed by atoms with E-state index in [4.69, 9.17) is 14.9 Å². The van der Waals surface area contributed by atoms with Crippen LogP contribution in [0.25, 0.3) is 0 Å². The van der Waals surface area contributed by atoms with Gasteiger partial charge in [-0.2, -0.15) is 0 Å². The number of aromatic carboxylic acids is 3. The first-order chi connectivity index (χ1) is 13.2. The van der Waals surface area contributed by atoms with E-state index in [1.807, 2.05) is 0 Å². The van der Waals surface area contributed by atoms with Crippen LogP contribution in [-0.2, 0) is 4.74 Å². The van der Waals surface area contributed by atoms with Gasteiger partial charge < -0.3 is 20.1 Å². The summed E-state index contributed by atoms with van der Waals surface area (Å²) in [6.45, 7) is 1.59. The summed E-state index contributed by atoms with van der Waals surface area (Å²) in [5, 5.41) is 27.5. The molecule has 0 saturated heterocycles. The van der Waals surface area contributed by atoms with E-state index in [2.05, 4.69) is 0 Å². The van der Waals surface area contributed by atoms with Gasteiger partial charge in [-0.1, -0.05) is 12.1 Å². The highest BCUT2D eigenvalue weighted by molar-refractivity contribution is 6.13. The van der Waals surface area contributed by atoms with Gasteiger partial charge in [0.25, 0.3) is 0 Å². The lowest BCUT2D eigenvalue weighted by atomic mass is 9.95. The second kappa shape index (κ2) is 8.12. The molecule has 0 spiro atoms. The third-order valence-electron chi connectivity index (χ3n) is 3.75. The topological polar surface area (TPSA) is 155 Å². The van der Waals surface area contributed by atoms with Crippen molar-refractivity contribution in [3.63, 3.8) is 0 Å². The van der Waals surface area contributed by atoms with Crippen LogP contribution in [0.4, 0.5) is 0 Å². The lowest BCUT2D eigenvalue weighted by Gasteiger charge is -2.09. The molecule has 144 valence electrons. The molecule has 0 unspecified atom stereocenters. The normalized spacial score (nSPS) is 10.2. The fourth-order valence-electron chi connectivity index (χ4n) is 2.46. The first-order valence-corrected chi connectivity index (χ1v) is 7.87. The smallest absolute Gasteiger partial charge is 0.338 e. The van der Waals surface area contributed by atoms with Gasteiger partial charge in [-0.15, -0.1) is 0 Å². The van der Waals surface area contributed by atoms with E-state index in [0.29, 0.717) is 0 Å². The van der Waals surface area contributed by atoms with Crippen molar-refractivity contribution in [2.45, 2.75) is 6.92 Å². The van der Waals surface area contributed by atoms with E-state index in [0.717, 1.165) is 30.3 Å². The van der Waals surface area contributed by atoms with Crippen molar-refractivity contribution in [3.8, 4) is 0 Å². The summed E-state index contributed by atoms with van der Waals surface area (Å²) in [6, 6.07) is 6.29. The monoisotopic (exact) mass is 386 g/mol. The number of benzene rings is 2. The fraction of sp³-hybridized carbons (Fsp3) is 0.105. The van der Waals surface area contributed by atoms with Crippen LogP contribution in [0.3, 0.4) is 0 Å². The van der Waals surface area contributed by atoms with E-state index in [9.17, 15) is 29.1 Å². The second-order valence-electron chi connectivity index (χ2n) is 5.49. The van der Waals surface area contributed by atoms with Crippen LogP contribution in [0.5, 0.6) is 0 Å². The maximum absolute atomic E-state index is 12.6. The van der Waals surface area contributed by atoms with Gasteiger partial charge in [0, 0.05) is 11.1 Å². The molecular weight excluding hydrogens is 372 g/mol. The van der Waals surface area contributed by atoms with Gasteiger partial charge in [0.05, 0.1) is 28.9 Å². The number of carboxylic acids is 3. The van der Waals surface area contributed by atoms with E-state index in [-0.39, 0.29) is 23.3 Å². The first kappa shape index (κ1) is 20.3. The summed E-state index contributed by atoms with van der Waals surface area (Å²) in [4.78, 5) is 58.3. The third kappa shape index (κ3) is 4.04. The van der Waals surface area contributed by atoms with E-state index < -0.39 is 46.4 Å². The summed E-state index contributed by atoms with van der Waals surface area (Å²) in [5.74, 6) is -6.06. The van der Waals surface area contributed by atoms with Gasteiger partial charge in [0.1, 0.15) is 0 Å². The molecule has 0 bridgehead atoms. The number of hydrogen-bond donors (Lipinski definition) is 3. The minimum absolute atomic E-state index is 0.0342. The molecule has 3 N–H and O–H groups in total. The van der Waals surface area contributed by atoms with Crippen LogP contribution < -0.4 is 0 Å². The van der Waals surface area contributed by atoms with Crippen molar-refractivity contribution in [2.24, 2.45) is 0 Å². The Labute approximate surface area is 157 Å². The lowest BCUT2D eigenvalue weighted by Crippen LogP contribution is -2.14. The predicted molar refractivity (Wildman–Crippen MR) is 93.2 cm³/mol. The molecule has 9 heteroatoms. The van der Waals surface area contributed by atoms with Gasteiger partial charge in [-0.3, -0.25) is 4.79 Å². The van der Waals surface area contributed by atoms with Crippen molar-refractivity contribution in [2.75, 3.05) is 6.61 Å². The van der Waals surface area contributed by atoms with Crippen LogP contribution in [0.2, 0.25) is 0 Å². The number of carbonyl (C=O) groups is 5. The molecule has 9 nitrogen and oxygen atoms in total. The van der Waals surface area contributed by atoms with Crippen molar-refractivity contribution < 1.29 is 44.0 Å². The molecule has 0 fully saturated rings. The number of carboxylic acid groups (broad SMARTS) is 3. The minimum Gasteiger partial charge on any atom is -0.478 e. The van der Waals surface area contributed by atoms with Crippen molar-refractivity contribution in [3.05, 3.63) is 69.8 Å². The fourth-order valence-corrected chi connectivity index (χ4v) is 2.46. The summed E-state index contributed by atoms with van der Waals surface area (Å²) < 4.78 is 4.77. The molecule has 0 saturated carbocycles. The van der Waals surface area contributed by atoms with Gasteiger partial charge in [-0.05, 0) is 31.2 Å². The SMILES string of the molecule is CCOC(=O)c1ccc(C(=O)c2ccc(C(=O)O)c(C(=O)O)c2)cc1C(=O)O. The maximum atomic E-state index is 12.6. The maximum Gasteiger partial charge on any atom is 0.338 e. The molecule has 28 heavy (non-hydrogen) atoms. The Morgan fingerprint density at radius 3 is 1.57 bits per heavy atom. The van der Waals surface area contributed by atoms with Gasteiger partial charge >= 0.3 is 23.9 Å². The number of rotatable bonds is 7. The highest BCUT2D eigenvalue weighted by atomic mass is 16.5. The molecular formula is C19H14O9. The first-order valence-electron chi connectivity index (χ1n) is 7.87. The number of esters is 1. The highest BCUT2D eigenvalue weighted by Crippen LogP contribution is 2.19. The lowest BCUT2D eigenvalue weighted by molar-refractivity contribution is 0.0514. The molecule has 0 aliphatic heterocycles. The Bertz CT molecular complexity index is 1000. The zero-order valence-electron chi connectivity index (χ0n) is 14.5. The van der Waals surface area contributed by atoms with Gasteiger partial charge in [-0.25, -0.2) is 19.2 Å². The summed E-state index contributed by atoms with van der Waals surface area (Å²) in [7, 11) is 0. The van der Waals surface area contributed by atoms with Crippen LogP contribution >= 0.6 is 0 Å². The molecule has 0 amide bonds. The largest absolute Gasteiger partial charge is 0.478 e. The standard InChI is InChI=1S/C19H14O9/c1-2-28-19(27)12-6-4-10(8-14(12)18(25)26)15(20)9-3-5-11(16(21)22)13(7-9)17(23)24/h3-8H,2H2,1H3,(H,21,22)(H,23,24)(H,25,26). The second-order valence-corrected chi connectivity index (χ2v) is 5.49. The molecule has 2 aromatic rings. The third-order valence-corrected chi connectivity index (χ3v) is 3.75. The van der Waals surface area contributed by atoms with Gasteiger partial charge in [0.15, 0.2) is 5.78 Å². The van der Waals surface area contributed by atoms with Crippen molar-refractivity contribution in [1.82, 2.24) is 0 Å². The Morgan fingerprint density at radius 1 is 0.714 bits per heavy atom. The van der Waals surface area contributed by atoms with Crippen molar-refractivity contribution in [1.29, 1.82) is 0 Å². The number of ketones is 1. The van der Waals surface area contributed by atoms with Crippen molar-refractivity contribution >= 4 is 29.7 Å². The molecule has 0 radical (unpaired) electrons. The predicted octanol–water partition coefficient (Wildman–Crippen LogP) is 2.19. The molecule has 2 aromatic carbocycles. The molecule has 0 aliphatic rings. The molecule has 0 atom stereocenters. The van der Waals surface area contributed by atoms with Crippen LogP contribution in [0, 0.1) is 0 Å². The zero-order valence-corrected chi connectivity index (χ0v) is 14.5. The van der Waals surface area contributed by atoms with Crippen LogP contribution in [0.15, 0.2) is 36.4 Å².